The molecule has 27 heavy (non-hydrogen) atoms. The highest BCUT2D eigenvalue weighted by Crippen LogP contribution is 2.30. The largest absolute Gasteiger partial charge is 0.497 e. The summed E-state index contributed by atoms with van der Waals surface area (Å²) in [5, 5.41) is 9.97. The third-order valence-electron chi connectivity index (χ3n) is 4.99. The first-order valence-electron chi connectivity index (χ1n) is 9.26. The first-order valence-corrected chi connectivity index (χ1v) is 9.26. The van der Waals surface area contributed by atoms with Crippen LogP contribution in [0.25, 0.3) is 0 Å². The molecule has 0 bridgehead atoms. The number of amides is 2. The Labute approximate surface area is 159 Å². The maximum absolute atomic E-state index is 13.0. The van der Waals surface area contributed by atoms with E-state index in [-0.39, 0.29) is 23.8 Å². The lowest BCUT2D eigenvalue weighted by molar-refractivity contribution is -0.119. The Morgan fingerprint density at radius 3 is 2.67 bits per heavy atom. The molecule has 0 spiro atoms. The number of hydrogen-bond donors (Lipinski definition) is 2. The van der Waals surface area contributed by atoms with Crippen molar-refractivity contribution in [3.05, 3.63) is 47.3 Å². The van der Waals surface area contributed by atoms with Crippen molar-refractivity contribution >= 4 is 11.8 Å². The fourth-order valence-electron chi connectivity index (χ4n) is 3.67. The molecule has 2 amide bonds. The lowest BCUT2D eigenvalue weighted by Gasteiger charge is -2.19. The predicted octanol–water partition coefficient (Wildman–Crippen LogP) is 2.12. The third-order valence-corrected chi connectivity index (χ3v) is 4.99. The van der Waals surface area contributed by atoms with E-state index in [1.807, 2.05) is 24.3 Å². The maximum Gasteiger partial charge on any atom is 0.257 e. The van der Waals surface area contributed by atoms with Crippen molar-refractivity contribution in [2.75, 3.05) is 20.2 Å². The minimum atomic E-state index is -0.124. The van der Waals surface area contributed by atoms with E-state index in [9.17, 15) is 9.59 Å². The molecule has 1 aromatic carbocycles. The normalized spacial score (nSPS) is 19.1. The van der Waals surface area contributed by atoms with Gasteiger partial charge >= 0.3 is 0 Å². The van der Waals surface area contributed by atoms with Gasteiger partial charge in [-0.05, 0) is 24.1 Å². The molecule has 1 saturated heterocycles. The zero-order valence-electron chi connectivity index (χ0n) is 16.0. The van der Waals surface area contributed by atoms with Crippen LogP contribution in [-0.4, -0.2) is 53.2 Å². The molecule has 2 atom stereocenters. The van der Waals surface area contributed by atoms with Crippen molar-refractivity contribution in [3.63, 3.8) is 0 Å². The third kappa shape index (κ3) is 4.13. The number of likely N-dealkylation sites (tertiary alicyclic amines) is 1. The van der Waals surface area contributed by atoms with Crippen molar-refractivity contribution in [3.8, 4) is 5.75 Å². The van der Waals surface area contributed by atoms with Gasteiger partial charge < -0.3 is 15.0 Å². The quantitative estimate of drug-likeness (QED) is 0.815. The molecular formula is C20H26N4O3. The second-order valence-electron chi connectivity index (χ2n) is 6.91. The molecule has 1 aliphatic heterocycles. The molecule has 0 unspecified atom stereocenters. The lowest BCUT2D eigenvalue weighted by Crippen LogP contribution is -2.39. The van der Waals surface area contributed by atoms with Gasteiger partial charge in [0.2, 0.25) is 5.91 Å². The summed E-state index contributed by atoms with van der Waals surface area (Å²) in [4.78, 5) is 26.5. The van der Waals surface area contributed by atoms with E-state index in [1.54, 1.807) is 18.2 Å². The van der Waals surface area contributed by atoms with Crippen LogP contribution < -0.4 is 10.1 Å². The summed E-state index contributed by atoms with van der Waals surface area (Å²) in [6.07, 6.45) is 3.32. The smallest absolute Gasteiger partial charge is 0.257 e. The van der Waals surface area contributed by atoms with E-state index in [4.69, 9.17) is 4.74 Å². The predicted molar refractivity (Wildman–Crippen MR) is 102 cm³/mol. The van der Waals surface area contributed by atoms with Crippen LogP contribution in [0.1, 0.15) is 47.8 Å². The van der Waals surface area contributed by atoms with Gasteiger partial charge in [-0.25, -0.2) is 0 Å². The average Bonchev–Trinajstić information content (AvgIpc) is 3.28. The van der Waals surface area contributed by atoms with E-state index in [2.05, 4.69) is 22.4 Å². The molecule has 2 aromatic rings. The Hall–Kier alpha value is -2.83. The molecule has 1 aromatic heterocycles. The number of hydrogen-bond acceptors (Lipinski definition) is 4. The Kier molecular flexibility index (Phi) is 5.78. The summed E-state index contributed by atoms with van der Waals surface area (Å²) in [5.41, 5.74) is 2.56. The minimum Gasteiger partial charge on any atom is -0.497 e. The van der Waals surface area contributed by atoms with Crippen LogP contribution in [0.4, 0.5) is 0 Å². The Morgan fingerprint density at radius 2 is 2.04 bits per heavy atom. The highest BCUT2D eigenvalue weighted by Gasteiger charge is 2.37. The van der Waals surface area contributed by atoms with Crippen molar-refractivity contribution in [1.82, 2.24) is 20.4 Å². The number of ether oxygens (including phenoxy) is 1. The number of methoxy groups -OCH3 is 1. The number of benzene rings is 1. The molecule has 3 rings (SSSR count). The van der Waals surface area contributed by atoms with Gasteiger partial charge in [-0.2, -0.15) is 5.10 Å². The molecule has 7 nitrogen and oxygen atoms in total. The van der Waals surface area contributed by atoms with Crippen LogP contribution >= 0.6 is 0 Å². The zero-order chi connectivity index (χ0) is 19.4. The molecule has 1 aliphatic rings. The van der Waals surface area contributed by atoms with Crippen LogP contribution in [0.5, 0.6) is 5.75 Å². The molecule has 7 heteroatoms. The molecular weight excluding hydrogens is 344 g/mol. The maximum atomic E-state index is 13.0. The fraction of sp³-hybridized carbons (Fsp3) is 0.450. The van der Waals surface area contributed by atoms with Gasteiger partial charge in [-0.15, -0.1) is 0 Å². The van der Waals surface area contributed by atoms with E-state index < -0.39 is 0 Å². The second kappa shape index (κ2) is 8.24. The molecule has 0 radical (unpaired) electrons. The minimum absolute atomic E-state index is 0.0327. The molecule has 144 valence electrons. The molecule has 0 aliphatic carbocycles. The van der Waals surface area contributed by atoms with E-state index >= 15 is 0 Å². The SMILES string of the molecule is CCCc1[nH]ncc1C(=O)N1C[C@@H](NC(C)=O)[C@H](c2ccc(OC)cc2)C1. The fourth-order valence-corrected chi connectivity index (χ4v) is 3.67. The van der Waals surface area contributed by atoms with Gasteiger partial charge in [-0.3, -0.25) is 14.7 Å². The summed E-state index contributed by atoms with van der Waals surface area (Å²) in [7, 11) is 1.63. The second-order valence-corrected chi connectivity index (χ2v) is 6.91. The van der Waals surface area contributed by atoms with Gasteiger partial charge in [0.05, 0.1) is 24.9 Å². The summed E-state index contributed by atoms with van der Waals surface area (Å²) >= 11 is 0. The van der Waals surface area contributed by atoms with Crippen LogP contribution in [0.3, 0.4) is 0 Å². The van der Waals surface area contributed by atoms with Gasteiger partial charge in [0.1, 0.15) is 5.75 Å². The van der Waals surface area contributed by atoms with E-state index in [1.165, 1.54) is 6.92 Å². The summed E-state index contributed by atoms with van der Waals surface area (Å²) < 4.78 is 5.22. The van der Waals surface area contributed by atoms with Gasteiger partial charge in [0.25, 0.3) is 5.91 Å². The van der Waals surface area contributed by atoms with Crippen LogP contribution in [0.15, 0.2) is 30.5 Å². The van der Waals surface area contributed by atoms with Gasteiger partial charge in [-0.1, -0.05) is 25.5 Å². The zero-order valence-corrected chi connectivity index (χ0v) is 16.0. The number of carbonyl (C=O) groups is 2. The average molecular weight is 370 g/mol. The van der Waals surface area contributed by atoms with Crippen molar-refractivity contribution in [2.24, 2.45) is 0 Å². The Balaban J connectivity index is 1.82. The highest BCUT2D eigenvalue weighted by atomic mass is 16.5. The topological polar surface area (TPSA) is 87.3 Å². The molecule has 2 N–H and O–H groups in total. The molecule has 0 saturated carbocycles. The monoisotopic (exact) mass is 370 g/mol. The number of nitrogens with zero attached hydrogens (tertiary/aromatic N) is 2. The van der Waals surface area contributed by atoms with Crippen molar-refractivity contribution in [2.45, 2.75) is 38.6 Å². The first-order chi connectivity index (χ1) is 13.0. The lowest BCUT2D eigenvalue weighted by atomic mass is 9.94. The van der Waals surface area contributed by atoms with Crippen LogP contribution in [-0.2, 0) is 11.2 Å². The molecule has 1 fully saturated rings. The number of aromatic amines is 1. The number of nitrogens with one attached hydrogen (secondary N) is 2. The van der Waals surface area contributed by atoms with Gasteiger partial charge in [0, 0.05) is 31.6 Å². The van der Waals surface area contributed by atoms with Crippen molar-refractivity contribution < 1.29 is 14.3 Å². The number of H-pyrrole nitrogens is 1. The number of carbonyl (C=O) groups excluding carboxylic acids is 2. The Morgan fingerprint density at radius 1 is 1.30 bits per heavy atom. The van der Waals surface area contributed by atoms with Crippen molar-refractivity contribution in [1.29, 1.82) is 0 Å². The first kappa shape index (κ1) is 18.9. The van der Waals surface area contributed by atoms with Gasteiger partial charge in [0.15, 0.2) is 0 Å². The highest BCUT2D eigenvalue weighted by molar-refractivity contribution is 5.95. The number of aryl methyl sites for hydroxylation is 1. The number of aromatic nitrogens is 2. The summed E-state index contributed by atoms with van der Waals surface area (Å²) in [5.74, 6) is 0.676. The van der Waals surface area contributed by atoms with E-state index in [0.29, 0.717) is 18.7 Å². The standard InChI is InChI=1S/C20H26N4O3/c1-4-5-18-16(10-21-23-18)20(26)24-11-17(19(12-24)22-13(2)25)14-6-8-15(27-3)9-7-14/h6-10,17,19H,4-5,11-12H2,1-3H3,(H,21,23)(H,22,25)/t17-,19+/m0/s1. The summed E-state index contributed by atoms with van der Waals surface area (Å²) in [6.45, 7) is 4.60. The van der Waals surface area contributed by atoms with Crippen LogP contribution in [0.2, 0.25) is 0 Å². The van der Waals surface area contributed by atoms with E-state index in [0.717, 1.165) is 29.8 Å². The number of rotatable bonds is 6. The van der Waals surface area contributed by atoms with Crippen LogP contribution in [0, 0.1) is 0 Å². The Bertz CT molecular complexity index is 800. The summed E-state index contributed by atoms with van der Waals surface area (Å²) in [6, 6.07) is 7.67. The molecule has 2 heterocycles.